The zero-order chi connectivity index (χ0) is 17.5. The number of aryl methyl sites for hydroxylation is 1. The fourth-order valence-electron chi connectivity index (χ4n) is 2.10. The van der Waals surface area contributed by atoms with E-state index in [0.29, 0.717) is 16.1 Å². The summed E-state index contributed by atoms with van der Waals surface area (Å²) >= 11 is 5.16. The van der Waals surface area contributed by atoms with Crippen LogP contribution in [0.5, 0.6) is 0 Å². The number of rotatable bonds is 6. The minimum Gasteiger partial charge on any atom is -0.341 e. The molecule has 0 aliphatic carbocycles. The maximum atomic E-state index is 12.2. The molecule has 0 spiro atoms. The van der Waals surface area contributed by atoms with Gasteiger partial charge in [0.2, 0.25) is 5.91 Å². The third-order valence-corrected chi connectivity index (χ3v) is 3.58. The molecule has 2 rings (SSSR count). The highest BCUT2D eigenvalue weighted by atomic mass is 32.1. The summed E-state index contributed by atoms with van der Waals surface area (Å²) in [6.45, 7) is 2.14. The summed E-state index contributed by atoms with van der Waals surface area (Å²) in [6.07, 6.45) is 1.67. The summed E-state index contributed by atoms with van der Waals surface area (Å²) in [5, 5.41) is 14.7. The maximum absolute atomic E-state index is 12.2. The van der Waals surface area contributed by atoms with Gasteiger partial charge in [-0.1, -0.05) is 6.92 Å². The lowest BCUT2D eigenvalue weighted by Crippen LogP contribution is -2.24. The van der Waals surface area contributed by atoms with Gasteiger partial charge in [-0.2, -0.15) is 5.10 Å². The molecule has 4 N–H and O–H groups in total. The predicted octanol–water partition coefficient (Wildman–Crippen LogP) is 2.28. The van der Waals surface area contributed by atoms with E-state index in [1.165, 1.54) is 7.05 Å². The molecule has 9 heteroatoms. The lowest BCUT2D eigenvalue weighted by atomic mass is 10.2. The fourth-order valence-corrected chi connectivity index (χ4v) is 2.32. The summed E-state index contributed by atoms with van der Waals surface area (Å²) in [5.74, 6) is 0.569. The number of nitrogens with one attached hydrogen (secondary N) is 4. The van der Waals surface area contributed by atoms with Gasteiger partial charge in [-0.15, -0.1) is 0 Å². The molecule has 1 heterocycles. The van der Waals surface area contributed by atoms with E-state index in [0.717, 1.165) is 18.7 Å². The van der Waals surface area contributed by atoms with Crippen molar-refractivity contribution in [2.45, 2.75) is 26.3 Å². The molecule has 0 aliphatic heterocycles. The molecule has 8 nitrogen and oxygen atoms in total. The van der Waals surface area contributed by atoms with Crippen LogP contribution in [0.1, 0.15) is 19.2 Å². The lowest BCUT2D eigenvalue weighted by molar-refractivity contribution is -0.116. The van der Waals surface area contributed by atoms with Crippen LogP contribution in [0.3, 0.4) is 0 Å². The Labute approximate surface area is 144 Å². The molecule has 0 atom stereocenters. The van der Waals surface area contributed by atoms with Crippen LogP contribution in [0.2, 0.25) is 0 Å². The third kappa shape index (κ3) is 4.66. The second-order valence-electron chi connectivity index (χ2n) is 5.11. The molecule has 0 bridgehead atoms. The Balaban J connectivity index is 1.99. The molecule has 0 saturated carbocycles. The Morgan fingerprint density at radius 3 is 2.42 bits per heavy atom. The summed E-state index contributed by atoms with van der Waals surface area (Å²) in [5.41, 5.74) is 1.27. The zero-order valence-electron chi connectivity index (χ0n) is 13.5. The zero-order valence-corrected chi connectivity index (χ0v) is 14.4. The van der Waals surface area contributed by atoms with Crippen molar-refractivity contribution in [2.75, 3.05) is 17.7 Å². The largest absolute Gasteiger partial charge is 0.341 e. The molecular weight excluding hydrogens is 328 g/mol. The molecule has 24 heavy (non-hydrogen) atoms. The number of nitrogens with zero attached hydrogens (tertiary/aromatic N) is 2. The first-order valence-corrected chi connectivity index (χ1v) is 7.97. The van der Waals surface area contributed by atoms with Crippen molar-refractivity contribution in [1.82, 2.24) is 20.1 Å². The summed E-state index contributed by atoms with van der Waals surface area (Å²) in [4.78, 5) is 23.4. The first-order valence-electron chi connectivity index (χ1n) is 7.56. The van der Waals surface area contributed by atoms with Crippen molar-refractivity contribution in [3.8, 4) is 0 Å². The van der Waals surface area contributed by atoms with Gasteiger partial charge in [0, 0.05) is 24.8 Å². The van der Waals surface area contributed by atoms with E-state index in [2.05, 4.69) is 26.1 Å². The number of urea groups is 1. The van der Waals surface area contributed by atoms with Crippen LogP contribution in [-0.4, -0.2) is 33.8 Å². The van der Waals surface area contributed by atoms with Gasteiger partial charge in [-0.05, 0) is 42.9 Å². The highest BCUT2D eigenvalue weighted by Crippen LogP contribution is 2.13. The third-order valence-electron chi connectivity index (χ3n) is 3.27. The Kier molecular flexibility index (Phi) is 6.07. The number of aromatic nitrogens is 3. The summed E-state index contributed by atoms with van der Waals surface area (Å²) < 4.78 is 2.12. The molecule has 0 aliphatic rings. The number of aromatic amines is 1. The molecular formula is C15H20N6O2S. The molecule has 1 aromatic heterocycles. The topological polar surface area (TPSA) is 104 Å². The molecule has 0 saturated heterocycles. The van der Waals surface area contributed by atoms with Gasteiger partial charge in [0.15, 0.2) is 4.77 Å². The van der Waals surface area contributed by atoms with Gasteiger partial charge >= 0.3 is 6.03 Å². The quantitative estimate of drug-likeness (QED) is 0.601. The molecule has 3 amide bonds. The number of anilines is 2. The first kappa shape index (κ1) is 17.7. The maximum Gasteiger partial charge on any atom is 0.318 e. The number of carbonyl (C=O) groups excluding carboxylic acids is 2. The van der Waals surface area contributed by atoms with E-state index in [1.54, 1.807) is 28.8 Å². The van der Waals surface area contributed by atoms with E-state index < -0.39 is 0 Å². The molecule has 0 unspecified atom stereocenters. The monoisotopic (exact) mass is 348 g/mol. The Bertz CT molecular complexity index is 765. The molecule has 1 aromatic carbocycles. The minimum atomic E-state index is -0.301. The number of carbonyl (C=O) groups is 2. The van der Waals surface area contributed by atoms with Crippen molar-refractivity contribution >= 4 is 35.5 Å². The molecule has 0 fully saturated rings. The van der Waals surface area contributed by atoms with Gasteiger partial charge in [0.05, 0.1) is 0 Å². The van der Waals surface area contributed by atoms with Crippen molar-refractivity contribution in [3.63, 3.8) is 0 Å². The smallest absolute Gasteiger partial charge is 0.318 e. The van der Waals surface area contributed by atoms with E-state index >= 15 is 0 Å². The van der Waals surface area contributed by atoms with E-state index in [-0.39, 0.29) is 18.5 Å². The van der Waals surface area contributed by atoms with Gasteiger partial charge < -0.3 is 16.0 Å². The van der Waals surface area contributed by atoms with Gasteiger partial charge in [-0.25, -0.2) is 4.79 Å². The first-order chi connectivity index (χ1) is 11.5. The van der Waals surface area contributed by atoms with Crippen LogP contribution >= 0.6 is 12.2 Å². The number of hydrogen-bond acceptors (Lipinski definition) is 4. The lowest BCUT2D eigenvalue weighted by Gasteiger charge is -2.09. The van der Waals surface area contributed by atoms with Gasteiger partial charge in [0.25, 0.3) is 0 Å². The van der Waals surface area contributed by atoms with E-state index in [4.69, 9.17) is 12.2 Å². The summed E-state index contributed by atoms with van der Waals surface area (Å²) in [6, 6.07) is 6.54. The van der Waals surface area contributed by atoms with Crippen LogP contribution in [0.25, 0.3) is 0 Å². The van der Waals surface area contributed by atoms with Gasteiger partial charge in [0.1, 0.15) is 12.4 Å². The Morgan fingerprint density at radius 2 is 1.83 bits per heavy atom. The number of H-pyrrole nitrogens is 1. The minimum absolute atomic E-state index is 0.100. The SMILES string of the molecule is CCCc1n[nH]c(=S)n1CC(=O)Nc1ccc(NC(=O)NC)cc1. The number of hydrogen-bond donors (Lipinski definition) is 4. The van der Waals surface area contributed by atoms with Crippen molar-refractivity contribution in [2.24, 2.45) is 0 Å². The number of amides is 3. The second kappa shape index (κ2) is 8.25. The van der Waals surface area contributed by atoms with Crippen molar-refractivity contribution < 1.29 is 9.59 Å². The highest BCUT2D eigenvalue weighted by Gasteiger charge is 2.10. The van der Waals surface area contributed by atoms with Crippen LogP contribution in [0.15, 0.2) is 24.3 Å². The normalized spacial score (nSPS) is 10.2. The average molecular weight is 348 g/mol. The Morgan fingerprint density at radius 1 is 1.21 bits per heavy atom. The molecule has 128 valence electrons. The highest BCUT2D eigenvalue weighted by molar-refractivity contribution is 7.71. The van der Waals surface area contributed by atoms with Crippen molar-refractivity contribution in [1.29, 1.82) is 0 Å². The second-order valence-corrected chi connectivity index (χ2v) is 5.50. The van der Waals surface area contributed by atoms with Crippen molar-refractivity contribution in [3.05, 3.63) is 34.9 Å². The van der Waals surface area contributed by atoms with Crippen LogP contribution in [-0.2, 0) is 17.8 Å². The standard InChI is InChI=1S/C15H20N6O2S/c1-3-4-12-19-20-15(24)21(12)9-13(22)17-10-5-7-11(8-6-10)18-14(23)16-2/h5-8H,3-4,9H2,1-2H3,(H,17,22)(H,20,24)(H2,16,18,23). The van der Waals surface area contributed by atoms with Crippen LogP contribution in [0, 0.1) is 4.77 Å². The average Bonchev–Trinajstić information content (AvgIpc) is 2.90. The predicted molar refractivity (Wildman–Crippen MR) is 94.6 cm³/mol. The van der Waals surface area contributed by atoms with E-state index in [1.807, 2.05) is 6.92 Å². The molecule has 2 aromatic rings. The number of benzene rings is 1. The van der Waals surface area contributed by atoms with Crippen LogP contribution < -0.4 is 16.0 Å². The van der Waals surface area contributed by atoms with Crippen LogP contribution in [0.4, 0.5) is 16.2 Å². The van der Waals surface area contributed by atoms with Gasteiger partial charge in [-0.3, -0.25) is 14.5 Å². The van der Waals surface area contributed by atoms with E-state index in [9.17, 15) is 9.59 Å². The fraction of sp³-hybridized carbons (Fsp3) is 0.333. The summed E-state index contributed by atoms with van der Waals surface area (Å²) in [7, 11) is 1.54. The Hall–Kier alpha value is -2.68. The molecule has 0 radical (unpaired) electrons.